The molecule has 1 aromatic rings. The van der Waals surface area contributed by atoms with Gasteiger partial charge in [-0.3, -0.25) is 9.78 Å². The van der Waals surface area contributed by atoms with E-state index in [1.54, 1.807) is 19.3 Å². The zero-order valence-electron chi connectivity index (χ0n) is 10.6. The van der Waals surface area contributed by atoms with E-state index in [-0.39, 0.29) is 5.91 Å². The molecule has 1 heterocycles. The van der Waals surface area contributed by atoms with E-state index in [1.807, 2.05) is 13.0 Å². The zero-order valence-corrected chi connectivity index (χ0v) is 11.5. The van der Waals surface area contributed by atoms with E-state index in [4.69, 9.17) is 18.0 Å². The molecule has 0 fully saturated rings. The molecule has 0 aliphatic heterocycles. The molecule has 0 unspecified atom stereocenters. The Bertz CT molecular complexity index is 436. The highest BCUT2D eigenvalue weighted by molar-refractivity contribution is 7.80. The van der Waals surface area contributed by atoms with Crippen molar-refractivity contribution in [2.75, 3.05) is 25.0 Å². The minimum Gasteiger partial charge on any atom is -0.393 e. The first-order chi connectivity index (χ1) is 8.58. The fourth-order valence-electron chi connectivity index (χ4n) is 1.58. The van der Waals surface area contributed by atoms with Crippen LogP contribution in [-0.2, 0) is 0 Å². The first-order valence-electron chi connectivity index (χ1n) is 5.79. The van der Waals surface area contributed by atoms with Crippen LogP contribution < -0.4 is 16.0 Å². The van der Waals surface area contributed by atoms with E-state index in [0.717, 1.165) is 18.8 Å². The monoisotopic (exact) mass is 266 g/mol. The Kier molecular flexibility index (Phi) is 5.51. The van der Waals surface area contributed by atoms with E-state index in [2.05, 4.69) is 15.2 Å². The zero-order chi connectivity index (χ0) is 13.5. The molecule has 0 aliphatic carbocycles. The number of amides is 1. The van der Waals surface area contributed by atoms with Crippen LogP contribution in [0.3, 0.4) is 0 Å². The SMILES string of the molecule is CCN(CCC(N)=S)c1ccnc(C(=O)NC)c1. The molecule has 1 aromatic heterocycles. The molecule has 98 valence electrons. The lowest BCUT2D eigenvalue weighted by Gasteiger charge is -2.23. The van der Waals surface area contributed by atoms with Crippen LogP contribution in [0.5, 0.6) is 0 Å². The molecule has 6 heteroatoms. The lowest BCUT2D eigenvalue weighted by Crippen LogP contribution is -2.28. The van der Waals surface area contributed by atoms with Crippen LogP contribution in [0.15, 0.2) is 18.3 Å². The molecule has 0 saturated carbocycles. The van der Waals surface area contributed by atoms with Gasteiger partial charge in [-0.2, -0.15) is 0 Å². The lowest BCUT2D eigenvalue weighted by atomic mass is 10.2. The third kappa shape index (κ3) is 3.96. The first kappa shape index (κ1) is 14.4. The minimum atomic E-state index is -0.192. The van der Waals surface area contributed by atoms with Crippen molar-refractivity contribution in [2.24, 2.45) is 5.73 Å². The van der Waals surface area contributed by atoms with Gasteiger partial charge in [-0.15, -0.1) is 0 Å². The number of aromatic nitrogens is 1. The number of nitrogens with one attached hydrogen (secondary N) is 1. The second-order valence-corrected chi connectivity index (χ2v) is 4.30. The van der Waals surface area contributed by atoms with Crippen molar-refractivity contribution in [2.45, 2.75) is 13.3 Å². The summed E-state index contributed by atoms with van der Waals surface area (Å²) < 4.78 is 0. The van der Waals surface area contributed by atoms with Crippen molar-refractivity contribution in [1.82, 2.24) is 10.3 Å². The highest BCUT2D eigenvalue weighted by atomic mass is 32.1. The summed E-state index contributed by atoms with van der Waals surface area (Å²) in [6.07, 6.45) is 2.28. The van der Waals surface area contributed by atoms with Gasteiger partial charge in [0, 0.05) is 38.4 Å². The van der Waals surface area contributed by atoms with Gasteiger partial charge in [0.1, 0.15) is 5.69 Å². The van der Waals surface area contributed by atoms with E-state index in [9.17, 15) is 4.79 Å². The van der Waals surface area contributed by atoms with Crippen LogP contribution in [-0.4, -0.2) is 36.0 Å². The fourth-order valence-corrected chi connectivity index (χ4v) is 1.67. The molecule has 0 atom stereocenters. The molecular weight excluding hydrogens is 248 g/mol. The summed E-state index contributed by atoms with van der Waals surface area (Å²) in [7, 11) is 1.58. The van der Waals surface area contributed by atoms with Gasteiger partial charge in [-0.1, -0.05) is 12.2 Å². The molecule has 0 bridgehead atoms. The Labute approximate surface area is 112 Å². The quantitative estimate of drug-likeness (QED) is 0.750. The van der Waals surface area contributed by atoms with Crippen LogP contribution in [0.25, 0.3) is 0 Å². The Morgan fingerprint density at radius 1 is 1.61 bits per heavy atom. The van der Waals surface area contributed by atoms with E-state index in [0.29, 0.717) is 17.1 Å². The number of carbonyl (C=O) groups excluding carboxylic acids is 1. The average Bonchev–Trinajstić information content (AvgIpc) is 2.38. The Hall–Kier alpha value is -1.69. The third-order valence-corrected chi connectivity index (χ3v) is 2.78. The topological polar surface area (TPSA) is 71.2 Å². The standard InChI is InChI=1S/C12H18N4OS/c1-3-16(7-5-11(13)18)9-4-6-15-10(8-9)12(17)14-2/h4,6,8H,3,5,7H2,1-2H3,(H2,13,18)(H,14,17). The number of rotatable bonds is 6. The maximum atomic E-state index is 11.5. The maximum Gasteiger partial charge on any atom is 0.269 e. The van der Waals surface area contributed by atoms with Gasteiger partial charge in [0.2, 0.25) is 0 Å². The summed E-state index contributed by atoms with van der Waals surface area (Å²) in [4.78, 5) is 18.1. The summed E-state index contributed by atoms with van der Waals surface area (Å²) in [5.74, 6) is -0.192. The lowest BCUT2D eigenvalue weighted by molar-refractivity contribution is 0.0958. The molecule has 0 aromatic carbocycles. The number of carbonyl (C=O) groups is 1. The number of nitrogens with zero attached hydrogens (tertiary/aromatic N) is 2. The van der Waals surface area contributed by atoms with Crippen LogP contribution in [0.2, 0.25) is 0 Å². The molecule has 1 rings (SSSR count). The Morgan fingerprint density at radius 3 is 2.89 bits per heavy atom. The van der Waals surface area contributed by atoms with Gasteiger partial charge in [-0.25, -0.2) is 0 Å². The molecular formula is C12H18N4OS. The van der Waals surface area contributed by atoms with Gasteiger partial charge in [-0.05, 0) is 19.1 Å². The fraction of sp³-hybridized carbons (Fsp3) is 0.417. The Morgan fingerprint density at radius 2 is 2.33 bits per heavy atom. The van der Waals surface area contributed by atoms with Gasteiger partial charge in [0.15, 0.2) is 0 Å². The third-order valence-electron chi connectivity index (χ3n) is 2.58. The van der Waals surface area contributed by atoms with E-state index >= 15 is 0 Å². The second kappa shape index (κ2) is 6.90. The molecule has 0 saturated heterocycles. The number of pyridine rings is 1. The molecule has 0 aliphatic rings. The molecule has 3 N–H and O–H groups in total. The van der Waals surface area contributed by atoms with Crippen molar-refractivity contribution < 1.29 is 4.79 Å². The highest BCUT2D eigenvalue weighted by Crippen LogP contribution is 2.14. The van der Waals surface area contributed by atoms with Crippen molar-refractivity contribution in [1.29, 1.82) is 0 Å². The highest BCUT2D eigenvalue weighted by Gasteiger charge is 2.09. The van der Waals surface area contributed by atoms with Gasteiger partial charge in [0.25, 0.3) is 5.91 Å². The summed E-state index contributed by atoms with van der Waals surface area (Å²) >= 11 is 4.87. The smallest absolute Gasteiger partial charge is 0.269 e. The van der Waals surface area contributed by atoms with Crippen molar-refractivity contribution in [3.05, 3.63) is 24.0 Å². The normalized spacial score (nSPS) is 9.89. The first-order valence-corrected chi connectivity index (χ1v) is 6.20. The maximum absolute atomic E-state index is 11.5. The predicted molar refractivity (Wildman–Crippen MR) is 76.9 cm³/mol. The van der Waals surface area contributed by atoms with Crippen molar-refractivity contribution in [3.63, 3.8) is 0 Å². The largest absolute Gasteiger partial charge is 0.393 e. The number of hydrogen-bond acceptors (Lipinski definition) is 4. The Balaban J connectivity index is 2.85. The second-order valence-electron chi connectivity index (χ2n) is 3.77. The average molecular weight is 266 g/mol. The van der Waals surface area contributed by atoms with Crippen LogP contribution in [0.1, 0.15) is 23.8 Å². The van der Waals surface area contributed by atoms with Crippen molar-refractivity contribution in [3.8, 4) is 0 Å². The summed E-state index contributed by atoms with van der Waals surface area (Å²) in [5, 5.41) is 2.55. The molecule has 1 amide bonds. The summed E-state index contributed by atoms with van der Waals surface area (Å²) in [5.41, 5.74) is 6.85. The summed E-state index contributed by atoms with van der Waals surface area (Å²) in [6.45, 7) is 3.60. The molecule has 5 nitrogen and oxygen atoms in total. The van der Waals surface area contributed by atoms with Crippen LogP contribution in [0, 0.1) is 0 Å². The van der Waals surface area contributed by atoms with Gasteiger partial charge >= 0.3 is 0 Å². The van der Waals surface area contributed by atoms with Crippen LogP contribution >= 0.6 is 12.2 Å². The number of thiocarbonyl (C=S) groups is 1. The minimum absolute atomic E-state index is 0.192. The van der Waals surface area contributed by atoms with Gasteiger partial charge < -0.3 is 16.0 Å². The predicted octanol–water partition coefficient (Wildman–Crippen LogP) is 0.944. The molecule has 0 radical (unpaired) electrons. The molecule has 18 heavy (non-hydrogen) atoms. The van der Waals surface area contributed by atoms with Crippen LogP contribution in [0.4, 0.5) is 5.69 Å². The van der Waals surface area contributed by atoms with Crippen molar-refractivity contribution >= 4 is 28.8 Å². The number of anilines is 1. The van der Waals surface area contributed by atoms with E-state index < -0.39 is 0 Å². The number of hydrogen-bond donors (Lipinski definition) is 2. The summed E-state index contributed by atoms with van der Waals surface area (Å²) in [6, 6.07) is 3.64. The van der Waals surface area contributed by atoms with E-state index in [1.165, 1.54) is 0 Å². The molecule has 0 spiro atoms. The number of nitrogens with two attached hydrogens (primary N) is 1. The van der Waals surface area contributed by atoms with Gasteiger partial charge in [0.05, 0.1) is 4.99 Å².